The molecule has 74 valence electrons. The van der Waals surface area contributed by atoms with Crippen LogP contribution in [0.3, 0.4) is 0 Å². The Morgan fingerprint density at radius 2 is 2.00 bits per heavy atom. The molecular formula is C11H14N2O. The van der Waals surface area contributed by atoms with E-state index in [0.29, 0.717) is 5.92 Å². The zero-order valence-electron chi connectivity index (χ0n) is 8.21. The second kappa shape index (κ2) is 3.80. The summed E-state index contributed by atoms with van der Waals surface area (Å²) in [5.74, 6) is 0.629. The highest BCUT2D eigenvalue weighted by molar-refractivity contribution is 5.88. The van der Waals surface area contributed by atoms with E-state index in [1.165, 1.54) is 12.5 Å². The Bertz CT molecular complexity index is 328. The number of nitrogens with one attached hydrogen (secondary N) is 2. The van der Waals surface area contributed by atoms with Crippen molar-refractivity contribution >= 4 is 11.6 Å². The average molecular weight is 190 g/mol. The van der Waals surface area contributed by atoms with Gasteiger partial charge < -0.3 is 10.6 Å². The average Bonchev–Trinajstić information content (AvgIpc) is 2.04. The van der Waals surface area contributed by atoms with Gasteiger partial charge in [-0.3, -0.25) is 4.79 Å². The van der Waals surface area contributed by atoms with Gasteiger partial charge in [-0.25, -0.2) is 0 Å². The van der Waals surface area contributed by atoms with Gasteiger partial charge >= 0.3 is 0 Å². The molecule has 1 aromatic rings. The normalized spacial score (nSPS) is 16.1. The number of hydrogen-bond donors (Lipinski definition) is 2. The zero-order chi connectivity index (χ0) is 9.97. The summed E-state index contributed by atoms with van der Waals surface area (Å²) >= 11 is 0. The Morgan fingerprint density at radius 3 is 2.43 bits per heavy atom. The van der Waals surface area contributed by atoms with E-state index >= 15 is 0 Å². The number of benzene rings is 1. The van der Waals surface area contributed by atoms with Crippen molar-refractivity contribution in [2.45, 2.75) is 12.8 Å². The van der Waals surface area contributed by atoms with E-state index in [9.17, 15) is 4.79 Å². The molecule has 3 nitrogen and oxygen atoms in total. The molecule has 1 saturated heterocycles. The van der Waals surface area contributed by atoms with Gasteiger partial charge in [0.15, 0.2) is 0 Å². The van der Waals surface area contributed by atoms with Gasteiger partial charge in [0.25, 0.3) is 0 Å². The molecule has 0 spiro atoms. The van der Waals surface area contributed by atoms with Crippen LogP contribution in [-0.4, -0.2) is 19.0 Å². The second-order valence-corrected chi connectivity index (χ2v) is 3.66. The topological polar surface area (TPSA) is 41.1 Å². The van der Waals surface area contributed by atoms with Crippen LogP contribution in [0.4, 0.5) is 5.69 Å². The molecule has 1 heterocycles. The molecular weight excluding hydrogens is 176 g/mol. The van der Waals surface area contributed by atoms with Crippen molar-refractivity contribution < 1.29 is 4.79 Å². The Morgan fingerprint density at radius 1 is 1.36 bits per heavy atom. The number of carbonyl (C=O) groups is 1. The van der Waals surface area contributed by atoms with Crippen LogP contribution in [0.5, 0.6) is 0 Å². The van der Waals surface area contributed by atoms with E-state index in [0.717, 1.165) is 18.8 Å². The number of hydrogen-bond acceptors (Lipinski definition) is 2. The monoisotopic (exact) mass is 190 g/mol. The van der Waals surface area contributed by atoms with Crippen LogP contribution in [0.25, 0.3) is 0 Å². The van der Waals surface area contributed by atoms with Crippen molar-refractivity contribution in [1.29, 1.82) is 0 Å². The van der Waals surface area contributed by atoms with Gasteiger partial charge in [0.05, 0.1) is 0 Å². The maximum atomic E-state index is 10.8. The van der Waals surface area contributed by atoms with E-state index in [-0.39, 0.29) is 5.91 Å². The smallest absolute Gasteiger partial charge is 0.221 e. The van der Waals surface area contributed by atoms with Crippen LogP contribution in [0.15, 0.2) is 24.3 Å². The molecule has 1 aliphatic heterocycles. The van der Waals surface area contributed by atoms with Gasteiger partial charge in [-0.2, -0.15) is 0 Å². The lowest BCUT2D eigenvalue weighted by Crippen LogP contribution is -2.39. The first-order chi connectivity index (χ1) is 6.75. The van der Waals surface area contributed by atoms with Crippen molar-refractivity contribution in [2.24, 2.45) is 0 Å². The van der Waals surface area contributed by atoms with Gasteiger partial charge in [-0.15, -0.1) is 0 Å². The molecule has 0 bridgehead atoms. The maximum absolute atomic E-state index is 10.8. The van der Waals surface area contributed by atoms with Crippen molar-refractivity contribution in [3.63, 3.8) is 0 Å². The lowest BCUT2D eigenvalue weighted by Gasteiger charge is -2.27. The van der Waals surface area contributed by atoms with Crippen molar-refractivity contribution in [3.8, 4) is 0 Å². The molecule has 1 aromatic carbocycles. The van der Waals surface area contributed by atoms with E-state index in [1.54, 1.807) is 0 Å². The Balaban J connectivity index is 2.05. The quantitative estimate of drug-likeness (QED) is 0.738. The molecule has 2 N–H and O–H groups in total. The van der Waals surface area contributed by atoms with Crippen molar-refractivity contribution in [3.05, 3.63) is 29.8 Å². The fraction of sp³-hybridized carbons (Fsp3) is 0.364. The standard InChI is InChI=1S/C11H14N2O/c1-8(14)13-11-4-2-9(3-5-11)10-6-12-7-10/h2-5,10,12H,6-7H2,1H3,(H,13,14). The molecule has 0 saturated carbocycles. The second-order valence-electron chi connectivity index (χ2n) is 3.66. The minimum Gasteiger partial charge on any atom is -0.326 e. The molecule has 0 atom stereocenters. The summed E-state index contributed by atoms with van der Waals surface area (Å²) in [7, 11) is 0. The minimum atomic E-state index is -0.0249. The molecule has 2 rings (SSSR count). The third-order valence-electron chi connectivity index (χ3n) is 2.48. The predicted octanol–water partition coefficient (Wildman–Crippen LogP) is 1.33. The predicted molar refractivity (Wildman–Crippen MR) is 56.4 cm³/mol. The Hall–Kier alpha value is -1.35. The van der Waals surface area contributed by atoms with Crippen molar-refractivity contribution in [2.75, 3.05) is 18.4 Å². The first-order valence-corrected chi connectivity index (χ1v) is 4.84. The summed E-state index contributed by atoms with van der Waals surface area (Å²) in [6.45, 7) is 3.66. The van der Waals surface area contributed by atoms with Crippen LogP contribution in [0.1, 0.15) is 18.4 Å². The van der Waals surface area contributed by atoms with Crippen LogP contribution in [-0.2, 0) is 4.79 Å². The molecule has 1 fully saturated rings. The summed E-state index contributed by atoms with van der Waals surface area (Å²) < 4.78 is 0. The molecule has 0 aromatic heterocycles. The molecule has 0 unspecified atom stereocenters. The van der Waals surface area contributed by atoms with E-state index in [2.05, 4.69) is 22.8 Å². The number of amides is 1. The fourth-order valence-corrected chi connectivity index (χ4v) is 1.57. The number of rotatable bonds is 2. The van der Waals surface area contributed by atoms with E-state index in [4.69, 9.17) is 0 Å². The number of anilines is 1. The summed E-state index contributed by atoms with van der Waals surface area (Å²) in [6.07, 6.45) is 0. The summed E-state index contributed by atoms with van der Waals surface area (Å²) in [5.41, 5.74) is 2.21. The van der Waals surface area contributed by atoms with Gasteiger partial charge in [0, 0.05) is 31.6 Å². The third-order valence-corrected chi connectivity index (χ3v) is 2.48. The molecule has 1 aliphatic rings. The van der Waals surface area contributed by atoms with Crippen LogP contribution >= 0.6 is 0 Å². The van der Waals surface area contributed by atoms with Crippen molar-refractivity contribution in [1.82, 2.24) is 5.32 Å². The first-order valence-electron chi connectivity index (χ1n) is 4.84. The zero-order valence-corrected chi connectivity index (χ0v) is 8.21. The van der Waals surface area contributed by atoms with E-state index in [1.807, 2.05) is 12.1 Å². The summed E-state index contributed by atoms with van der Waals surface area (Å²) in [6, 6.07) is 8.07. The SMILES string of the molecule is CC(=O)Nc1ccc(C2CNC2)cc1. The van der Waals surface area contributed by atoms with Gasteiger partial charge in [-0.05, 0) is 17.7 Å². The number of carbonyl (C=O) groups excluding carboxylic acids is 1. The molecule has 3 heteroatoms. The van der Waals surface area contributed by atoms with Gasteiger partial charge in [-0.1, -0.05) is 12.1 Å². The lowest BCUT2D eigenvalue weighted by molar-refractivity contribution is -0.114. The van der Waals surface area contributed by atoms with Crippen LogP contribution in [0.2, 0.25) is 0 Å². The summed E-state index contributed by atoms with van der Waals surface area (Å²) in [4.78, 5) is 10.8. The summed E-state index contributed by atoms with van der Waals surface area (Å²) in [5, 5.41) is 5.99. The molecule has 1 amide bonds. The lowest BCUT2D eigenvalue weighted by atomic mass is 9.94. The third kappa shape index (κ3) is 1.93. The minimum absolute atomic E-state index is 0.0249. The molecule has 14 heavy (non-hydrogen) atoms. The highest BCUT2D eigenvalue weighted by atomic mass is 16.1. The fourth-order valence-electron chi connectivity index (χ4n) is 1.57. The highest BCUT2D eigenvalue weighted by Crippen LogP contribution is 2.21. The van der Waals surface area contributed by atoms with E-state index < -0.39 is 0 Å². The Labute approximate surface area is 83.5 Å². The van der Waals surface area contributed by atoms with Crippen LogP contribution in [0, 0.1) is 0 Å². The highest BCUT2D eigenvalue weighted by Gasteiger charge is 2.18. The van der Waals surface area contributed by atoms with Gasteiger partial charge in [0.1, 0.15) is 0 Å². The first kappa shape index (κ1) is 9.21. The van der Waals surface area contributed by atoms with Crippen LogP contribution < -0.4 is 10.6 Å². The molecule has 0 aliphatic carbocycles. The largest absolute Gasteiger partial charge is 0.326 e. The maximum Gasteiger partial charge on any atom is 0.221 e. The Kier molecular flexibility index (Phi) is 2.50. The van der Waals surface area contributed by atoms with Gasteiger partial charge in [0.2, 0.25) is 5.91 Å². The molecule has 0 radical (unpaired) electrons.